The van der Waals surface area contributed by atoms with Crippen LogP contribution in [0.5, 0.6) is 0 Å². The third-order valence-electron chi connectivity index (χ3n) is 0.626. The first-order valence-electron chi connectivity index (χ1n) is 2.61. The van der Waals surface area contributed by atoms with Crippen LogP contribution in [0.2, 0.25) is 0 Å². The second kappa shape index (κ2) is 5.29. The fourth-order valence-electron chi connectivity index (χ4n) is 0.356. The van der Waals surface area contributed by atoms with Gasteiger partial charge in [0.1, 0.15) is 0 Å². The Morgan fingerprint density at radius 2 is 2.38 bits per heavy atom. The van der Waals surface area contributed by atoms with E-state index >= 15 is 0 Å². The van der Waals surface area contributed by atoms with Crippen molar-refractivity contribution in [3.05, 3.63) is 0 Å². The second-order valence-corrected chi connectivity index (χ2v) is 2.72. The number of rotatable bonds is 4. The molecular weight excluding hydrogens is 125 g/mol. The highest BCUT2D eigenvalue weighted by atomic mass is 31.1. The molecule has 3 nitrogen and oxygen atoms in total. The molecule has 0 aromatic carbocycles. The standard InChI is InChI=1S/C4H12NO2P/c1-3-7-8(6)4-5-2/h5,8H,3-4H2,1-2H3. The summed E-state index contributed by atoms with van der Waals surface area (Å²) in [6.07, 6.45) is 0.485. The molecule has 8 heavy (non-hydrogen) atoms. The summed E-state index contributed by atoms with van der Waals surface area (Å²) in [6, 6.07) is 0. The van der Waals surface area contributed by atoms with Gasteiger partial charge in [-0.15, -0.1) is 0 Å². The maximum Gasteiger partial charge on any atom is 0.204 e. The Morgan fingerprint density at radius 1 is 1.75 bits per heavy atom. The molecular formula is C4H12NO2P. The fourth-order valence-corrected chi connectivity index (χ4v) is 1.07. The molecule has 0 aromatic rings. The lowest BCUT2D eigenvalue weighted by molar-refractivity contribution is 0.349. The largest absolute Gasteiger partial charge is 0.330 e. The van der Waals surface area contributed by atoms with Gasteiger partial charge in [0.25, 0.3) is 0 Å². The molecule has 0 aliphatic rings. The molecule has 0 fully saturated rings. The zero-order valence-electron chi connectivity index (χ0n) is 5.23. The molecule has 0 aromatic heterocycles. The average Bonchev–Trinajstić information content (AvgIpc) is 1.68. The van der Waals surface area contributed by atoms with E-state index in [2.05, 4.69) is 5.32 Å². The maximum absolute atomic E-state index is 10.5. The summed E-state index contributed by atoms with van der Waals surface area (Å²) in [6.45, 7) is 2.37. The molecule has 0 saturated heterocycles. The summed E-state index contributed by atoms with van der Waals surface area (Å²) in [5.41, 5.74) is 0. The van der Waals surface area contributed by atoms with Crippen molar-refractivity contribution in [3.8, 4) is 0 Å². The van der Waals surface area contributed by atoms with Crippen LogP contribution >= 0.6 is 8.03 Å². The summed E-state index contributed by atoms with van der Waals surface area (Å²) in [7, 11) is -0.000998. The molecule has 0 saturated carbocycles. The molecule has 0 bridgehead atoms. The van der Waals surface area contributed by atoms with E-state index in [4.69, 9.17) is 4.52 Å². The minimum Gasteiger partial charge on any atom is -0.330 e. The number of hydrogen-bond donors (Lipinski definition) is 1. The second-order valence-electron chi connectivity index (χ2n) is 1.34. The first kappa shape index (κ1) is 8.15. The lowest BCUT2D eigenvalue weighted by atomic mass is 10.9. The van der Waals surface area contributed by atoms with Crippen LogP contribution in [0.25, 0.3) is 0 Å². The fraction of sp³-hybridized carbons (Fsp3) is 1.00. The van der Waals surface area contributed by atoms with Crippen molar-refractivity contribution >= 4 is 8.03 Å². The van der Waals surface area contributed by atoms with Gasteiger partial charge in [0.2, 0.25) is 8.03 Å². The minimum absolute atomic E-state index is 0.485. The lowest BCUT2D eigenvalue weighted by Crippen LogP contribution is -2.03. The molecule has 0 amide bonds. The Bertz CT molecular complexity index is 68.4. The summed E-state index contributed by atoms with van der Waals surface area (Å²) in [5.74, 6) is 0. The van der Waals surface area contributed by atoms with Crippen LogP contribution in [0.4, 0.5) is 0 Å². The van der Waals surface area contributed by atoms with Gasteiger partial charge in [0.05, 0.1) is 12.9 Å². The molecule has 0 rings (SSSR count). The molecule has 0 aliphatic heterocycles. The predicted molar refractivity (Wildman–Crippen MR) is 34.6 cm³/mol. The van der Waals surface area contributed by atoms with Crippen molar-refractivity contribution in [3.63, 3.8) is 0 Å². The molecule has 4 heteroatoms. The minimum atomic E-state index is -1.75. The van der Waals surface area contributed by atoms with Gasteiger partial charge in [-0.1, -0.05) is 0 Å². The first-order chi connectivity index (χ1) is 3.81. The topological polar surface area (TPSA) is 38.3 Å². The van der Waals surface area contributed by atoms with Gasteiger partial charge in [-0.3, -0.25) is 4.57 Å². The van der Waals surface area contributed by atoms with E-state index in [9.17, 15) is 4.57 Å². The van der Waals surface area contributed by atoms with Gasteiger partial charge in [0.15, 0.2) is 0 Å². The summed E-state index contributed by atoms with van der Waals surface area (Å²) < 4.78 is 15.3. The van der Waals surface area contributed by atoms with Crippen LogP contribution in [-0.4, -0.2) is 19.9 Å². The van der Waals surface area contributed by atoms with Gasteiger partial charge >= 0.3 is 0 Å². The van der Waals surface area contributed by atoms with Gasteiger partial charge in [-0.25, -0.2) is 0 Å². The lowest BCUT2D eigenvalue weighted by Gasteiger charge is -1.97. The van der Waals surface area contributed by atoms with E-state index in [-0.39, 0.29) is 0 Å². The van der Waals surface area contributed by atoms with Crippen LogP contribution in [0.1, 0.15) is 6.92 Å². The van der Waals surface area contributed by atoms with Crippen molar-refractivity contribution in [1.29, 1.82) is 0 Å². The highest BCUT2D eigenvalue weighted by molar-refractivity contribution is 7.39. The summed E-state index contributed by atoms with van der Waals surface area (Å²) in [5, 5.41) is 2.76. The van der Waals surface area contributed by atoms with Gasteiger partial charge < -0.3 is 9.84 Å². The van der Waals surface area contributed by atoms with Crippen LogP contribution in [0, 0.1) is 0 Å². The van der Waals surface area contributed by atoms with E-state index in [0.717, 1.165) is 0 Å². The molecule has 0 aliphatic carbocycles. The van der Waals surface area contributed by atoms with Crippen molar-refractivity contribution < 1.29 is 9.09 Å². The van der Waals surface area contributed by atoms with Crippen LogP contribution in [0.3, 0.4) is 0 Å². The van der Waals surface area contributed by atoms with Crippen LogP contribution in [-0.2, 0) is 9.09 Å². The molecule has 0 radical (unpaired) electrons. The van der Waals surface area contributed by atoms with Crippen molar-refractivity contribution in [1.82, 2.24) is 5.32 Å². The predicted octanol–water partition coefficient (Wildman–Crippen LogP) is 0.674. The zero-order chi connectivity index (χ0) is 6.41. The van der Waals surface area contributed by atoms with E-state index < -0.39 is 8.03 Å². The van der Waals surface area contributed by atoms with Gasteiger partial charge in [0, 0.05) is 0 Å². The van der Waals surface area contributed by atoms with Crippen LogP contribution < -0.4 is 5.32 Å². The third kappa shape index (κ3) is 4.31. The monoisotopic (exact) mass is 137 g/mol. The first-order valence-corrected chi connectivity index (χ1v) is 4.13. The Hall–Kier alpha value is 0.150. The van der Waals surface area contributed by atoms with E-state index in [0.29, 0.717) is 12.9 Å². The Morgan fingerprint density at radius 3 is 2.75 bits per heavy atom. The molecule has 50 valence electrons. The highest BCUT2D eigenvalue weighted by Crippen LogP contribution is 2.17. The van der Waals surface area contributed by atoms with Crippen LogP contribution in [0.15, 0.2) is 0 Å². The quantitative estimate of drug-likeness (QED) is 0.579. The van der Waals surface area contributed by atoms with E-state index in [1.54, 1.807) is 7.05 Å². The SMILES string of the molecule is CCO[PH](=O)CNC. The Balaban J connectivity index is 3.06. The Kier molecular flexibility index (Phi) is 5.39. The molecule has 1 unspecified atom stereocenters. The maximum atomic E-state index is 10.5. The average molecular weight is 137 g/mol. The van der Waals surface area contributed by atoms with Crippen molar-refractivity contribution in [2.75, 3.05) is 19.9 Å². The summed E-state index contributed by atoms with van der Waals surface area (Å²) in [4.78, 5) is 0. The summed E-state index contributed by atoms with van der Waals surface area (Å²) >= 11 is 0. The van der Waals surface area contributed by atoms with Crippen molar-refractivity contribution in [2.24, 2.45) is 0 Å². The van der Waals surface area contributed by atoms with Crippen molar-refractivity contribution in [2.45, 2.75) is 6.92 Å². The van der Waals surface area contributed by atoms with E-state index in [1.165, 1.54) is 0 Å². The smallest absolute Gasteiger partial charge is 0.204 e. The normalized spacial score (nSPS) is 13.8. The van der Waals surface area contributed by atoms with Gasteiger partial charge in [-0.05, 0) is 14.0 Å². The molecule has 1 atom stereocenters. The molecule has 1 N–H and O–H groups in total. The third-order valence-corrected chi connectivity index (χ3v) is 1.88. The molecule has 0 heterocycles. The number of nitrogens with one attached hydrogen (secondary N) is 1. The highest BCUT2D eigenvalue weighted by Gasteiger charge is 1.91. The zero-order valence-corrected chi connectivity index (χ0v) is 6.23. The van der Waals surface area contributed by atoms with E-state index in [1.807, 2.05) is 6.92 Å². The molecule has 0 spiro atoms. The Labute approximate surface area is 50.3 Å². The number of hydrogen-bond acceptors (Lipinski definition) is 3. The van der Waals surface area contributed by atoms with Gasteiger partial charge in [-0.2, -0.15) is 0 Å².